The normalized spacial score (nSPS) is 16.6. The molecule has 8 nitrogen and oxygen atoms in total. The van der Waals surface area contributed by atoms with Gasteiger partial charge in [0.15, 0.2) is 0 Å². The molecule has 0 spiro atoms. The van der Waals surface area contributed by atoms with Crippen LogP contribution in [0, 0.1) is 6.92 Å². The molecule has 1 aliphatic rings. The van der Waals surface area contributed by atoms with Gasteiger partial charge in [0.2, 0.25) is 15.0 Å². The summed E-state index contributed by atoms with van der Waals surface area (Å²) in [5.41, 5.74) is -2.76. The number of halogens is 3. The minimum Gasteiger partial charge on any atom is -0.394 e. The molecular weight excluding hydrogens is 469 g/mol. The molecule has 0 unspecified atom stereocenters. The first-order valence-corrected chi connectivity index (χ1v) is 11.9. The van der Waals surface area contributed by atoms with Crippen LogP contribution in [0.5, 0.6) is 0 Å². The highest BCUT2D eigenvalue weighted by molar-refractivity contribution is 7.89. The number of imidazole rings is 1. The monoisotopic (exact) mass is 490 g/mol. The summed E-state index contributed by atoms with van der Waals surface area (Å²) < 4.78 is 70.4. The van der Waals surface area contributed by atoms with Gasteiger partial charge in [0.1, 0.15) is 10.6 Å². The van der Waals surface area contributed by atoms with Crippen LogP contribution in [-0.4, -0.2) is 45.4 Å². The third-order valence-corrected chi connectivity index (χ3v) is 8.10. The highest BCUT2D eigenvalue weighted by Crippen LogP contribution is 2.41. The van der Waals surface area contributed by atoms with Crippen molar-refractivity contribution in [1.29, 1.82) is 0 Å². The van der Waals surface area contributed by atoms with Crippen molar-refractivity contribution >= 4 is 26.3 Å². The van der Waals surface area contributed by atoms with E-state index < -0.39 is 44.4 Å². The Morgan fingerprint density at radius 2 is 1.94 bits per heavy atom. The predicted octanol–water partition coefficient (Wildman–Crippen LogP) is 2.82. The highest BCUT2D eigenvalue weighted by atomic mass is 32.2. The Labute approximate surface area is 185 Å². The summed E-state index contributed by atoms with van der Waals surface area (Å²) in [6, 6.07) is 2.82. The Morgan fingerprint density at radius 1 is 1.28 bits per heavy atom. The average Bonchev–Trinajstić information content (AvgIpc) is 3.18. The number of nitrogens with zero attached hydrogens (tertiary/aromatic N) is 3. The Balaban J connectivity index is 1.90. The van der Waals surface area contributed by atoms with Crippen molar-refractivity contribution in [3.8, 4) is 11.3 Å². The molecule has 1 aliphatic carbocycles. The van der Waals surface area contributed by atoms with Crippen LogP contribution in [0.1, 0.15) is 43.0 Å². The van der Waals surface area contributed by atoms with Gasteiger partial charge in [-0.05, 0) is 45.7 Å². The number of nitrogens with one attached hydrogen (secondary N) is 1. The Hall–Kier alpha value is -2.06. The molecule has 13 heteroatoms. The van der Waals surface area contributed by atoms with Gasteiger partial charge in [0.05, 0.1) is 34.0 Å². The lowest BCUT2D eigenvalue weighted by Gasteiger charge is -2.19. The quantitative estimate of drug-likeness (QED) is 0.489. The standard InChI is InChI=1S/C19H21F3N4O4S2/c1-10-14(26-16(23-10)31-15(24-26)17(2,3)28)11-4-5-12(19(20,21)22)13(8-11)32(29,30)25-18(9-27)6-7-18/h4-5,8,25,27-28H,6-7,9H2,1-3H3. The van der Waals surface area contributed by atoms with Crippen LogP contribution in [0.2, 0.25) is 0 Å². The Kier molecular flexibility index (Phi) is 5.21. The molecule has 0 amide bonds. The van der Waals surface area contributed by atoms with Crippen LogP contribution in [0.3, 0.4) is 0 Å². The van der Waals surface area contributed by atoms with Gasteiger partial charge in [0, 0.05) is 5.56 Å². The fourth-order valence-electron chi connectivity index (χ4n) is 3.34. The third-order valence-electron chi connectivity index (χ3n) is 5.26. The first kappa shape index (κ1) is 23.1. The number of alkyl halides is 3. The lowest BCUT2D eigenvalue weighted by Crippen LogP contribution is -2.40. The van der Waals surface area contributed by atoms with E-state index >= 15 is 0 Å². The van der Waals surface area contributed by atoms with Crippen LogP contribution in [0.25, 0.3) is 16.2 Å². The molecule has 32 heavy (non-hydrogen) atoms. The molecule has 0 bridgehead atoms. The van der Waals surface area contributed by atoms with Gasteiger partial charge >= 0.3 is 6.18 Å². The maximum atomic E-state index is 13.7. The van der Waals surface area contributed by atoms with Crippen molar-refractivity contribution in [1.82, 2.24) is 19.3 Å². The van der Waals surface area contributed by atoms with Gasteiger partial charge in [0.25, 0.3) is 0 Å². The lowest BCUT2D eigenvalue weighted by molar-refractivity contribution is -0.139. The number of hydrogen-bond donors (Lipinski definition) is 3. The van der Waals surface area contributed by atoms with Gasteiger partial charge < -0.3 is 10.2 Å². The average molecular weight is 491 g/mol. The Bertz CT molecular complexity index is 1300. The second-order valence-electron chi connectivity index (χ2n) is 8.46. The number of hydrogen-bond acceptors (Lipinski definition) is 7. The number of benzene rings is 1. The SMILES string of the molecule is Cc1nc2sc(C(C)(C)O)nn2c1-c1ccc(C(F)(F)F)c(S(=O)(=O)NC2(CO)CC2)c1. The van der Waals surface area contributed by atoms with E-state index in [0.717, 1.165) is 17.4 Å². The summed E-state index contributed by atoms with van der Waals surface area (Å²) in [6.45, 7) is 4.21. The van der Waals surface area contributed by atoms with Crippen molar-refractivity contribution < 1.29 is 31.8 Å². The predicted molar refractivity (Wildman–Crippen MR) is 111 cm³/mol. The maximum Gasteiger partial charge on any atom is 0.417 e. The van der Waals surface area contributed by atoms with E-state index in [1.54, 1.807) is 20.8 Å². The summed E-state index contributed by atoms with van der Waals surface area (Å²) in [7, 11) is -4.60. The second kappa shape index (κ2) is 7.22. The van der Waals surface area contributed by atoms with Gasteiger partial charge in [-0.25, -0.2) is 22.6 Å². The van der Waals surface area contributed by atoms with E-state index in [2.05, 4.69) is 14.8 Å². The van der Waals surface area contributed by atoms with E-state index in [4.69, 9.17) is 0 Å². The minimum absolute atomic E-state index is 0.171. The molecule has 0 radical (unpaired) electrons. The number of rotatable bonds is 6. The number of aryl methyl sites for hydroxylation is 1. The van der Waals surface area contributed by atoms with Crippen molar-refractivity contribution in [2.45, 2.75) is 55.8 Å². The number of fused-ring (bicyclic) bond motifs is 1. The van der Waals surface area contributed by atoms with Gasteiger partial charge in [-0.1, -0.05) is 17.4 Å². The molecular formula is C19H21F3N4O4S2. The van der Waals surface area contributed by atoms with Crippen molar-refractivity contribution in [3.05, 3.63) is 34.5 Å². The number of sulfonamides is 1. The molecule has 2 aromatic heterocycles. The first-order chi connectivity index (χ1) is 14.7. The summed E-state index contributed by atoms with van der Waals surface area (Å²) in [5, 5.41) is 24.3. The van der Waals surface area contributed by atoms with E-state index in [1.165, 1.54) is 10.6 Å². The van der Waals surface area contributed by atoms with E-state index in [9.17, 15) is 31.8 Å². The van der Waals surface area contributed by atoms with Crippen molar-refractivity contribution in [3.63, 3.8) is 0 Å². The van der Waals surface area contributed by atoms with Crippen LogP contribution in [0.4, 0.5) is 13.2 Å². The first-order valence-electron chi connectivity index (χ1n) is 9.62. The number of aliphatic hydroxyl groups excluding tert-OH is 1. The molecule has 0 atom stereocenters. The second-order valence-corrected chi connectivity index (χ2v) is 11.1. The molecule has 1 fully saturated rings. The fourth-order valence-corrected chi connectivity index (χ4v) is 5.99. The summed E-state index contributed by atoms with van der Waals surface area (Å²) >= 11 is 1.12. The maximum absolute atomic E-state index is 13.7. The molecule has 1 aromatic carbocycles. The van der Waals surface area contributed by atoms with Gasteiger partial charge in [-0.15, -0.1) is 0 Å². The topological polar surface area (TPSA) is 117 Å². The Morgan fingerprint density at radius 3 is 2.47 bits per heavy atom. The molecule has 3 N–H and O–H groups in total. The third kappa shape index (κ3) is 4.03. The molecule has 3 aromatic rings. The number of aliphatic hydroxyl groups is 2. The fraction of sp³-hybridized carbons (Fsp3) is 0.474. The van der Waals surface area contributed by atoms with E-state index in [0.29, 0.717) is 40.3 Å². The zero-order valence-electron chi connectivity index (χ0n) is 17.4. The zero-order valence-corrected chi connectivity index (χ0v) is 19.0. The highest BCUT2D eigenvalue weighted by Gasteiger charge is 2.47. The van der Waals surface area contributed by atoms with Gasteiger partial charge in [-0.2, -0.15) is 18.3 Å². The zero-order chi connectivity index (χ0) is 23.7. The van der Waals surface area contributed by atoms with Crippen LogP contribution in [0.15, 0.2) is 23.1 Å². The summed E-state index contributed by atoms with van der Waals surface area (Å²) in [6.07, 6.45) is -4.23. The minimum atomic E-state index is -4.91. The largest absolute Gasteiger partial charge is 0.417 e. The van der Waals surface area contributed by atoms with E-state index in [-0.39, 0.29) is 5.56 Å². The van der Waals surface area contributed by atoms with E-state index in [1.807, 2.05) is 0 Å². The molecule has 1 saturated carbocycles. The molecule has 2 heterocycles. The molecule has 0 saturated heterocycles. The van der Waals surface area contributed by atoms with Crippen LogP contribution in [-0.2, 0) is 21.8 Å². The lowest BCUT2D eigenvalue weighted by atomic mass is 10.1. The smallest absolute Gasteiger partial charge is 0.394 e. The molecule has 174 valence electrons. The molecule has 4 rings (SSSR count). The summed E-state index contributed by atoms with van der Waals surface area (Å²) in [4.78, 5) is 3.83. The number of aromatic nitrogens is 3. The van der Waals surface area contributed by atoms with Gasteiger partial charge in [-0.3, -0.25) is 0 Å². The van der Waals surface area contributed by atoms with Crippen molar-refractivity contribution in [2.24, 2.45) is 0 Å². The van der Waals surface area contributed by atoms with Crippen LogP contribution < -0.4 is 4.72 Å². The van der Waals surface area contributed by atoms with Crippen LogP contribution >= 0.6 is 11.3 Å². The molecule has 0 aliphatic heterocycles. The summed E-state index contributed by atoms with van der Waals surface area (Å²) in [5.74, 6) is 0. The van der Waals surface area contributed by atoms with Crippen molar-refractivity contribution in [2.75, 3.05) is 6.61 Å².